The van der Waals surface area contributed by atoms with Crippen LogP contribution in [0.4, 0.5) is 11.4 Å². The number of H-pyrrole nitrogens is 1. The van der Waals surface area contributed by atoms with Gasteiger partial charge in [0.1, 0.15) is 5.75 Å². The number of hydrogen-bond donors (Lipinski definition) is 2. The molecule has 30 heavy (non-hydrogen) atoms. The summed E-state index contributed by atoms with van der Waals surface area (Å²) in [5.41, 5.74) is 5.38. The van der Waals surface area contributed by atoms with E-state index in [2.05, 4.69) is 57.4 Å². The van der Waals surface area contributed by atoms with Crippen molar-refractivity contribution >= 4 is 33.2 Å². The third kappa shape index (κ3) is 4.12. The molecule has 5 rings (SSSR count). The van der Waals surface area contributed by atoms with Crippen LogP contribution in [0.15, 0.2) is 54.7 Å². The minimum Gasteiger partial charge on any atom is -0.493 e. The lowest BCUT2D eigenvalue weighted by atomic mass is 10.1. The molecule has 154 valence electrons. The molecule has 0 atom stereocenters. The van der Waals surface area contributed by atoms with Gasteiger partial charge in [-0.25, -0.2) is 0 Å². The standard InChI is InChI=1S/C25H28N4O/c1-18-15-19-16-20(5-8-23(19)27-18)28-24-9-10-26-25-17-21(6-7-22(24)25)30-14-4-13-29-11-2-3-12-29/h5-10,15-17,27H,2-4,11-14H2,1H3,(H,26,28). The highest BCUT2D eigenvalue weighted by molar-refractivity contribution is 5.94. The maximum absolute atomic E-state index is 5.99. The fourth-order valence-electron chi connectivity index (χ4n) is 4.32. The summed E-state index contributed by atoms with van der Waals surface area (Å²) in [6, 6.07) is 16.7. The van der Waals surface area contributed by atoms with E-state index in [0.717, 1.165) is 53.1 Å². The van der Waals surface area contributed by atoms with Gasteiger partial charge in [-0.05, 0) is 81.7 Å². The van der Waals surface area contributed by atoms with Crippen molar-refractivity contribution in [1.82, 2.24) is 14.9 Å². The molecule has 0 amide bonds. The third-order valence-electron chi connectivity index (χ3n) is 5.83. The maximum Gasteiger partial charge on any atom is 0.121 e. The summed E-state index contributed by atoms with van der Waals surface area (Å²) in [5, 5.41) is 5.85. The smallest absolute Gasteiger partial charge is 0.121 e. The van der Waals surface area contributed by atoms with Gasteiger partial charge >= 0.3 is 0 Å². The molecule has 4 aromatic rings. The second-order valence-corrected chi connectivity index (χ2v) is 8.17. The molecule has 0 aliphatic carbocycles. The Labute approximate surface area is 177 Å². The van der Waals surface area contributed by atoms with Gasteiger partial charge in [0.15, 0.2) is 0 Å². The number of anilines is 2. The number of likely N-dealkylation sites (tertiary alicyclic amines) is 1. The van der Waals surface area contributed by atoms with Gasteiger partial charge in [0.05, 0.1) is 12.1 Å². The highest BCUT2D eigenvalue weighted by atomic mass is 16.5. The van der Waals surface area contributed by atoms with Gasteiger partial charge in [0.2, 0.25) is 0 Å². The summed E-state index contributed by atoms with van der Waals surface area (Å²) in [5.74, 6) is 0.887. The van der Waals surface area contributed by atoms with Crippen molar-refractivity contribution in [2.75, 3.05) is 31.6 Å². The molecule has 0 saturated carbocycles. The molecule has 5 heteroatoms. The van der Waals surface area contributed by atoms with E-state index in [4.69, 9.17) is 4.74 Å². The van der Waals surface area contributed by atoms with Crippen LogP contribution in [0.5, 0.6) is 5.75 Å². The molecule has 1 aliphatic rings. The van der Waals surface area contributed by atoms with Gasteiger partial charge in [-0.15, -0.1) is 0 Å². The van der Waals surface area contributed by atoms with E-state index in [-0.39, 0.29) is 0 Å². The predicted octanol–water partition coefficient (Wildman–Crippen LogP) is 5.63. The number of aromatic amines is 1. The van der Waals surface area contributed by atoms with E-state index in [9.17, 15) is 0 Å². The van der Waals surface area contributed by atoms with Gasteiger partial charge in [-0.3, -0.25) is 4.98 Å². The lowest BCUT2D eigenvalue weighted by Gasteiger charge is -2.15. The van der Waals surface area contributed by atoms with E-state index in [1.807, 2.05) is 24.4 Å². The summed E-state index contributed by atoms with van der Waals surface area (Å²) in [6.07, 6.45) is 5.59. The van der Waals surface area contributed by atoms with Crippen LogP contribution in [0.2, 0.25) is 0 Å². The number of benzene rings is 2. The molecule has 2 N–H and O–H groups in total. The molecular formula is C25H28N4O. The van der Waals surface area contributed by atoms with Crippen molar-refractivity contribution in [2.24, 2.45) is 0 Å². The molecule has 3 heterocycles. The first-order valence-electron chi connectivity index (χ1n) is 10.8. The first-order chi connectivity index (χ1) is 14.7. The second kappa shape index (κ2) is 8.36. The molecule has 2 aromatic carbocycles. The maximum atomic E-state index is 5.99. The normalized spacial score (nSPS) is 14.6. The van der Waals surface area contributed by atoms with Crippen LogP contribution >= 0.6 is 0 Å². The summed E-state index contributed by atoms with van der Waals surface area (Å²) < 4.78 is 5.99. The largest absolute Gasteiger partial charge is 0.493 e. The number of nitrogens with one attached hydrogen (secondary N) is 2. The van der Waals surface area contributed by atoms with E-state index in [1.54, 1.807) is 0 Å². The Hall–Kier alpha value is -3.05. The Balaban J connectivity index is 1.28. The van der Waals surface area contributed by atoms with E-state index in [0.29, 0.717) is 0 Å². The zero-order valence-corrected chi connectivity index (χ0v) is 17.4. The highest BCUT2D eigenvalue weighted by Crippen LogP contribution is 2.29. The molecule has 0 radical (unpaired) electrons. The molecule has 0 unspecified atom stereocenters. The van der Waals surface area contributed by atoms with Crippen LogP contribution in [0.1, 0.15) is 25.0 Å². The van der Waals surface area contributed by atoms with Crippen molar-refractivity contribution in [3.8, 4) is 5.75 Å². The van der Waals surface area contributed by atoms with Crippen LogP contribution in [0.3, 0.4) is 0 Å². The number of aryl methyl sites for hydroxylation is 1. The van der Waals surface area contributed by atoms with Gasteiger partial charge in [-0.2, -0.15) is 0 Å². The number of hydrogen-bond acceptors (Lipinski definition) is 4. The monoisotopic (exact) mass is 400 g/mol. The number of ether oxygens (including phenoxy) is 1. The molecule has 1 aliphatic heterocycles. The summed E-state index contributed by atoms with van der Waals surface area (Å²) in [6.45, 7) is 6.44. The fourth-order valence-corrected chi connectivity index (χ4v) is 4.32. The zero-order valence-electron chi connectivity index (χ0n) is 17.4. The minimum atomic E-state index is 0.746. The first-order valence-corrected chi connectivity index (χ1v) is 10.8. The van der Waals surface area contributed by atoms with E-state index < -0.39 is 0 Å². The lowest BCUT2D eigenvalue weighted by Crippen LogP contribution is -2.21. The predicted molar refractivity (Wildman–Crippen MR) is 124 cm³/mol. The van der Waals surface area contributed by atoms with Crippen LogP contribution in [-0.2, 0) is 0 Å². The molecule has 2 aromatic heterocycles. The number of nitrogens with zero attached hydrogens (tertiary/aromatic N) is 2. The van der Waals surface area contributed by atoms with Crippen LogP contribution in [0.25, 0.3) is 21.8 Å². The Kier molecular flexibility index (Phi) is 5.28. The average Bonchev–Trinajstić information content (AvgIpc) is 3.39. The number of pyridine rings is 1. The molecule has 0 spiro atoms. The zero-order chi connectivity index (χ0) is 20.3. The Morgan fingerprint density at radius 1 is 1.07 bits per heavy atom. The fraction of sp³-hybridized carbons (Fsp3) is 0.320. The third-order valence-corrected chi connectivity index (χ3v) is 5.83. The minimum absolute atomic E-state index is 0.746. The Morgan fingerprint density at radius 2 is 1.97 bits per heavy atom. The topological polar surface area (TPSA) is 53.2 Å². The van der Waals surface area contributed by atoms with Crippen LogP contribution in [0, 0.1) is 6.92 Å². The number of rotatable bonds is 7. The molecule has 1 fully saturated rings. The van der Waals surface area contributed by atoms with E-state index in [1.165, 1.54) is 37.0 Å². The molecule has 1 saturated heterocycles. The van der Waals surface area contributed by atoms with Gasteiger partial charge < -0.3 is 19.9 Å². The quantitative estimate of drug-likeness (QED) is 0.395. The molecule has 0 bridgehead atoms. The van der Waals surface area contributed by atoms with Crippen molar-refractivity contribution in [1.29, 1.82) is 0 Å². The van der Waals surface area contributed by atoms with Crippen molar-refractivity contribution in [3.63, 3.8) is 0 Å². The van der Waals surface area contributed by atoms with E-state index >= 15 is 0 Å². The lowest BCUT2D eigenvalue weighted by molar-refractivity contribution is 0.263. The first kappa shape index (κ1) is 18.9. The number of aromatic nitrogens is 2. The van der Waals surface area contributed by atoms with Gasteiger partial charge in [0, 0.05) is 52.2 Å². The SMILES string of the molecule is Cc1cc2cc(Nc3ccnc4cc(OCCCN5CCCC5)ccc34)ccc2[nH]1. The van der Waals surface area contributed by atoms with Crippen molar-refractivity contribution < 1.29 is 4.74 Å². The molecular weight excluding hydrogens is 372 g/mol. The van der Waals surface area contributed by atoms with Crippen molar-refractivity contribution in [2.45, 2.75) is 26.2 Å². The molecule has 5 nitrogen and oxygen atoms in total. The summed E-state index contributed by atoms with van der Waals surface area (Å²) in [4.78, 5) is 10.4. The summed E-state index contributed by atoms with van der Waals surface area (Å²) >= 11 is 0. The van der Waals surface area contributed by atoms with Crippen LogP contribution < -0.4 is 10.1 Å². The van der Waals surface area contributed by atoms with Crippen LogP contribution in [-0.4, -0.2) is 41.1 Å². The highest BCUT2D eigenvalue weighted by Gasteiger charge is 2.10. The van der Waals surface area contributed by atoms with Gasteiger partial charge in [0.25, 0.3) is 0 Å². The second-order valence-electron chi connectivity index (χ2n) is 8.17. The Bertz CT molecular complexity index is 1160. The summed E-state index contributed by atoms with van der Waals surface area (Å²) in [7, 11) is 0. The van der Waals surface area contributed by atoms with Gasteiger partial charge in [-0.1, -0.05) is 0 Å². The Morgan fingerprint density at radius 3 is 2.87 bits per heavy atom. The average molecular weight is 401 g/mol. The number of fused-ring (bicyclic) bond motifs is 2. The van der Waals surface area contributed by atoms with Crippen molar-refractivity contribution in [3.05, 3.63) is 60.4 Å².